The number of sulfonamides is 1. The van der Waals surface area contributed by atoms with Crippen LogP contribution in [0.25, 0.3) is 0 Å². The van der Waals surface area contributed by atoms with Crippen molar-refractivity contribution in [3.05, 3.63) is 29.3 Å². The third-order valence-electron chi connectivity index (χ3n) is 4.60. The van der Waals surface area contributed by atoms with Crippen LogP contribution in [0.2, 0.25) is 5.02 Å². The highest BCUT2D eigenvalue weighted by atomic mass is 35.5. The molecule has 1 atom stereocenters. The maximum atomic E-state index is 12.7. The summed E-state index contributed by atoms with van der Waals surface area (Å²) in [6.07, 6.45) is 1.06. The Bertz CT molecular complexity index is 771. The lowest BCUT2D eigenvalue weighted by atomic mass is 9.96. The summed E-state index contributed by atoms with van der Waals surface area (Å²) in [4.78, 5) is 23.9. The van der Waals surface area contributed by atoms with Crippen LogP contribution >= 0.6 is 11.6 Å². The molecule has 1 aliphatic heterocycles. The summed E-state index contributed by atoms with van der Waals surface area (Å²) in [6, 6.07) is 5.04. The smallest absolute Gasteiger partial charge is 0.326 e. The van der Waals surface area contributed by atoms with E-state index in [1.54, 1.807) is 0 Å². The number of carbonyl (C=O) groups is 2. The van der Waals surface area contributed by atoms with Crippen LogP contribution in [0.4, 0.5) is 0 Å². The van der Waals surface area contributed by atoms with Gasteiger partial charge in [-0.05, 0) is 49.4 Å². The summed E-state index contributed by atoms with van der Waals surface area (Å²) in [5.41, 5.74) is 0. The predicted molar refractivity (Wildman–Crippen MR) is 102 cm³/mol. The zero-order valence-corrected chi connectivity index (χ0v) is 17.0. The summed E-state index contributed by atoms with van der Waals surface area (Å²) in [6.45, 7) is 4.21. The highest BCUT2D eigenvalue weighted by Gasteiger charge is 2.33. The molecule has 1 aromatic carbocycles. The predicted octanol–water partition coefficient (Wildman–Crippen LogP) is 2.36. The van der Waals surface area contributed by atoms with E-state index < -0.39 is 28.0 Å². The molecule has 1 fully saturated rings. The van der Waals surface area contributed by atoms with Crippen LogP contribution < -0.4 is 5.32 Å². The van der Waals surface area contributed by atoms with Crippen LogP contribution in [0.15, 0.2) is 29.2 Å². The first-order valence-corrected chi connectivity index (χ1v) is 10.7. The molecule has 0 saturated carbocycles. The van der Waals surface area contributed by atoms with Gasteiger partial charge in [-0.1, -0.05) is 25.4 Å². The molecule has 9 heteroatoms. The molecule has 0 bridgehead atoms. The molecule has 1 amide bonds. The van der Waals surface area contributed by atoms with E-state index in [2.05, 4.69) is 5.32 Å². The lowest BCUT2D eigenvalue weighted by Crippen LogP contribution is -2.47. The van der Waals surface area contributed by atoms with Gasteiger partial charge in [-0.2, -0.15) is 4.31 Å². The van der Waals surface area contributed by atoms with Crippen molar-refractivity contribution in [3.63, 3.8) is 0 Å². The van der Waals surface area contributed by atoms with E-state index in [0.717, 1.165) is 0 Å². The number of nitrogens with one attached hydrogen (secondary N) is 1. The maximum Gasteiger partial charge on any atom is 0.326 e. The zero-order chi connectivity index (χ0) is 20.2. The normalized spacial score (nSPS) is 17.6. The fourth-order valence-electron chi connectivity index (χ4n) is 3.10. The third kappa shape index (κ3) is 5.67. The SMILES string of the molecule is CC(C)CC(NC(=O)C1CCN(S(=O)(=O)c2ccc(Cl)cc2)CC1)C(=O)O. The third-order valence-corrected chi connectivity index (χ3v) is 6.76. The molecule has 1 unspecified atom stereocenters. The van der Waals surface area contributed by atoms with Crippen LogP contribution in [-0.4, -0.2) is 48.8 Å². The average Bonchev–Trinajstić information content (AvgIpc) is 2.61. The first-order chi connectivity index (χ1) is 12.6. The van der Waals surface area contributed by atoms with E-state index in [-0.39, 0.29) is 29.8 Å². The van der Waals surface area contributed by atoms with Crippen LogP contribution in [0.5, 0.6) is 0 Å². The molecule has 150 valence electrons. The molecule has 0 aliphatic carbocycles. The standard InChI is InChI=1S/C18H25ClN2O5S/c1-12(2)11-16(18(23)24)20-17(22)13-7-9-21(10-8-13)27(25,26)15-5-3-14(19)4-6-15/h3-6,12-13,16H,7-11H2,1-2H3,(H,20,22)(H,23,24). The van der Waals surface area contributed by atoms with Crippen molar-refractivity contribution in [2.24, 2.45) is 11.8 Å². The van der Waals surface area contributed by atoms with Crippen molar-refractivity contribution >= 4 is 33.5 Å². The van der Waals surface area contributed by atoms with Gasteiger partial charge in [0.25, 0.3) is 0 Å². The number of benzene rings is 1. The highest BCUT2D eigenvalue weighted by Crippen LogP contribution is 2.25. The minimum absolute atomic E-state index is 0.137. The molecule has 27 heavy (non-hydrogen) atoms. The van der Waals surface area contributed by atoms with E-state index in [1.807, 2.05) is 13.8 Å². The summed E-state index contributed by atoms with van der Waals surface area (Å²) in [5, 5.41) is 12.3. The van der Waals surface area contributed by atoms with Gasteiger partial charge in [-0.3, -0.25) is 4.79 Å². The minimum atomic E-state index is -3.63. The number of hydrogen-bond acceptors (Lipinski definition) is 4. The van der Waals surface area contributed by atoms with E-state index in [9.17, 15) is 23.1 Å². The molecule has 1 heterocycles. The minimum Gasteiger partial charge on any atom is -0.480 e. The van der Waals surface area contributed by atoms with Gasteiger partial charge in [0.15, 0.2) is 0 Å². The summed E-state index contributed by atoms with van der Waals surface area (Å²) in [7, 11) is -3.63. The number of rotatable bonds is 7. The lowest BCUT2D eigenvalue weighted by Gasteiger charge is -2.31. The molecular formula is C18H25ClN2O5S. The number of carbonyl (C=O) groups excluding carboxylic acids is 1. The van der Waals surface area contributed by atoms with E-state index in [1.165, 1.54) is 28.6 Å². The molecule has 0 aromatic heterocycles. The maximum absolute atomic E-state index is 12.7. The topological polar surface area (TPSA) is 104 Å². The van der Waals surface area contributed by atoms with Crippen molar-refractivity contribution in [2.45, 2.75) is 44.0 Å². The van der Waals surface area contributed by atoms with E-state index in [0.29, 0.717) is 24.3 Å². The van der Waals surface area contributed by atoms with Crippen molar-refractivity contribution in [3.8, 4) is 0 Å². The Labute approximate surface area is 164 Å². The van der Waals surface area contributed by atoms with E-state index in [4.69, 9.17) is 11.6 Å². The Hall–Kier alpha value is -1.64. The summed E-state index contributed by atoms with van der Waals surface area (Å²) >= 11 is 5.80. The van der Waals surface area contributed by atoms with Crippen molar-refractivity contribution < 1.29 is 23.1 Å². The first kappa shape index (κ1) is 21.7. The molecule has 7 nitrogen and oxygen atoms in total. The number of amides is 1. The fourth-order valence-corrected chi connectivity index (χ4v) is 4.69. The number of nitrogens with zero attached hydrogens (tertiary/aromatic N) is 1. The number of hydrogen-bond donors (Lipinski definition) is 2. The number of halogens is 1. The van der Waals surface area contributed by atoms with Gasteiger partial charge in [-0.15, -0.1) is 0 Å². The Morgan fingerprint density at radius 2 is 1.78 bits per heavy atom. The Morgan fingerprint density at radius 1 is 1.22 bits per heavy atom. The molecular weight excluding hydrogens is 392 g/mol. The van der Waals surface area contributed by atoms with E-state index >= 15 is 0 Å². The molecule has 1 aliphatic rings. The molecule has 2 rings (SSSR count). The van der Waals surface area contributed by atoms with Crippen molar-refractivity contribution in [1.29, 1.82) is 0 Å². The van der Waals surface area contributed by atoms with Gasteiger partial charge in [0.1, 0.15) is 6.04 Å². The van der Waals surface area contributed by atoms with Gasteiger partial charge < -0.3 is 10.4 Å². The van der Waals surface area contributed by atoms with Gasteiger partial charge >= 0.3 is 5.97 Å². The average molecular weight is 417 g/mol. The van der Waals surface area contributed by atoms with Crippen molar-refractivity contribution in [2.75, 3.05) is 13.1 Å². The fraction of sp³-hybridized carbons (Fsp3) is 0.556. The van der Waals surface area contributed by atoms with Crippen LogP contribution in [0.1, 0.15) is 33.1 Å². The summed E-state index contributed by atoms with van der Waals surface area (Å²) < 4.78 is 26.7. The zero-order valence-electron chi connectivity index (χ0n) is 15.4. The Morgan fingerprint density at radius 3 is 2.26 bits per heavy atom. The quantitative estimate of drug-likeness (QED) is 0.710. The van der Waals surface area contributed by atoms with Crippen LogP contribution in [0.3, 0.4) is 0 Å². The van der Waals surface area contributed by atoms with Gasteiger partial charge in [0, 0.05) is 24.0 Å². The Kier molecular flexibility index (Phi) is 7.25. The molecule has 1 aromatic rings. The molecule has 0 spiro atoms. The molecule has 2 N–H and O–H groups in total. The van der Waals surface area contributed by atoms with Gasteiger partial charge in [-0.25, -0.2) is 13.2 Å². The summed E-state index contributed by atoms with van der Waals surface area (Å²) in [5.74, 6) is -1.64. The second-order valence-electron chi connectivity index (χ2n) is 7.16. The van der Waals surface area contributed by atoms with Crippen molar-refractivity contribution in [1.82, 2.24) is 9.62 Å². The van der Waals surface area contributed by atoms with Gasteiger partial charge in [0.2, 0.25) is 15.9 Å². The number of carboxylic acid groups (broad SMARTS) is 1. The highest BCUT2D eigenvalue weighted by molar-refractivity contribution is 7.89. The number of piperidine rings is 1. The monoisotopic (exact) mass is 416 g/mol. The van der Waals surface area contributed by atoms with Crippen LogP contribution in [-0.2, 0) is 19.6 Å². The number of carboxylic acids is 1. The Balaban J connectivity index is 1.96. The lowest BCUT2D eigenvalue weighted by molar-refractivity contribution is -0.143. The molecule has 0 radical (unpaired) electrons. The number of aliphatic carboxylic acids is 1. The first-order valence-electron chi connectivity index (χ1n) is 8.90. The second kappa shape index (κ2) is 9.03. The van der Waals surface area contributed by atoms with Crippen LogP contribution in [0, 0.1) is 11.8 Å². The van der Waals surface area contributed by atoms with Gasteiger partial charge in [0.05, 0.1) is 4.90 Å². The second-order valence-corrected chi connectivity index (χ2v) is 9.54. The largest absolute Gasteiger partial charge is 0.480 e. The molecule has 1 saturated heterocycles.